The zero-order valence-corrected chi connectivity index (χ0v) is 17.5. The van der Waals surface area contributed by atoms with Gasteiger partial charge in [0.1, 0.15) is 17.3 Å². The van der Waals surface area contributed by atoms with E-state index < -0.39 is 11.7 Å². The Labute approximate surface area is 176 Å². The van der Waals surface area contributed by atoms with Gasteiger partial charge in [-0.2, -0.15) is 0 Å². The zero-order valence-electron chi connectivity index (χ0n) is 17.5. The van der Waals surface area contributed by atoms with E-state index in [4.69, 9.17) is 9.47 Å². The summed E-state index contributed by atoms with van der Waals surface area (Å²) in [6, 6.07) is 10.9. The Morgan fingerprint density at radius 1 is 1.10 bits per heavy atom. The third-order valence-corrected chi connectivity index (χ3v) is 5.42. The maximum absolute atomic E-state index is 13.2. The predicted molar refractivity (Wildman–Crippen MR) is 111 cm³/mol. The lowest BCUT2D eigenvalue weighted by Gasteiger charge is -2.20. The lowest BCUT2D eigenvalue weighted by Crippen LogP contribution is -2.36. The topological polar surface area (TPSA) is 67.9 Å². The van der Waals surface area contributed by atoms with Gasteiger partial charge in [-0.1, -0.05) is 13.0 Å². The van der Waals surface area contributed by atoms with Crippen molar-refractivity contribution in [3.63, 3.8) is 0 Å². The molecule has 2 amide bonds. The number of benzene rings is 2. The van der Waals surface area contributed by atoms with Gasteiger partial charge in [-0.25, -0.2) is 4.39 Å². The molecule has 2 unspecified atom stereocenters. The molecular formula is C23H27FN2O4. The number of carbonyl (C=O) groups is 2. The quantitative estimate of drug-likeness (QED) is 0.755. The van der Waals surface area contributed by atoms with Gasteiger partial charge in [-0.15, -0.1) is 0 Å². The Bertz CT molecular complexity index is 901. The minimum absolute atomic E-state index is 0.0888. The number of likely N-dealkylation sites (tertiary alicyclic amines) is 1. The van der Waals surface area contributed by atoms with Gasteiger partial charge in [-0.05, 0) is 36.8 Å². The van der Waals surface area contributed by atoms with Crippen LogP contribution in [0.4, 0.5) is 4.39 Å². The highest BCUT2D eigenvalue weighted by molar-refractivity contribution is 5.95. The molecule has 2 atom stereocenters. The molecule has 0 aliphatic carbocycles. The van der Waals surface area contributed by atoms with Crippen LogP contribution in [0.1, 0.15) is 35.2 Å². The minimum Gasteiger partial charge on any atom is -0.497 e. The van der Waals surface area contributed by atoms with Crippen molar-refractivity contribution in [3.8, 4) is 11.5 Å². The average Bonchev–Trinajstić information content (AvgIpc) is 3.22. The second-order valence-corrected chi connectivity index (χ2v) is 7.33. The lowest BCUT2D eigenvalue weighted by molar-refractivity contribution is -0.124. The van der Waals surface area contributed by atoms with Crippen molar-refractivity contribution in [3.05, 3.63) is 59.4 Å². The number of amides is 2. The number of nitrogens with one attached hydrogen (secondary N) is 1. The van der Waals surface area contributed by atoms with Gasteiger partial charge in [0, 0.05) is 42.7 Å². The van der Waals surface area contributed by atoms with Crippen LogP contribution >= 0.6 is 0 Å². The van der Waals surface area contributed by atoms with Crippen molar-refractivity contribution in [2.75, 3.05) is 33.9 Å². The first-order valence-corrected chi connectivity index (χ1v) is 10.0. The van der Waals surface area contributed by atoms with Gasteiger partial charge in [0.05, 0.1) is 20.1 Å². The smallest absolute Gasteiger partial charge is 0.253 e. The van der Waals surface area contributed by atoms with Gasteiger partial charge in [0.2, 0.25) is 5.91 Å². The largest absolute Gasteiger partial charge is 0.497 e. The van der Waals surface area contributed by atoms with Gasteiger partial charge in [-0.3, -0.25) is 9.59 Å². The van der Waals surface area contributed by atoms with Gasteiger partial charge in [0.25, 0.3) is 5.91 Å². The molecule has 0 spiro atoms. The summed E-state index contributed by atoms with van der Waals surface area (Å²) in [4.78, 5) is 27.5. The molecule has 0 bridgehead atoms. The van der Waals surface area contributed by atoms with Crippen molar-refractivity contribution < 1.29 is 23.5 Å². The van der Waals surface area contributed by atoms with Crippen LogP contribution in [0.15, 0.2) is 42.5 Å². The Morgan fingerprint density at radius 3 is 2.47 bits per heavy atom. The summed E-state index contributed by atoms with van der Waals surface area (Å²) in [5.74, 6) is -0.0862. The van der Waals surface area contributed by atoms with Crippen LogP contribution in [-0.4, -0.2) is 50.6 Å². The minimum atomic E-state index is -0.414. The van der Waals surface area contributed by atoms with E-state index in [-0.39, 0.29) is 24.3 Å². The summed E-state index contributed by atoms with van der Waals surface area (Å²) in [5, 5.41) is 2.95. The molecule has 1 aliphatic heterocycles. The zero-order chi connectivity index (χ0) is 21.7. The molecular weight excluding hydrogens is 387 g/mol. The number of carbonyl (C=O) groups excluding carboxylic acids is 2. The van der Waals surface area contributed by atoms with Crippen molar-refractivity contribution in [2.24, 2.45) is 5.92 Å². The number of halogens is 1. The van der Waals surface area contributed by atoms with E-state index >= 15 is 0 Å². The highest BCUT2D eigenvalue weighted by Gasteiger charge is 2.41. The maximum Gasteiger partial charge on any atom is 0.253 e. The van der Waals surface area contributed by atoms with Crippen LogP contribution in [0.3, 0.4) is 0 Å². The first kappa shape index (κ1) is 21.6. The molecule has 160 valence electrons. The van der Waals surface area contributed by atoms with E-state index in [0.717, 1.165) is 12.0 Å². The normalized spacial score (nSPS) is 18.2. The van der Waals surface area contributed by atoms with Crippen molar-refractivity contribution in [1.82, 2.24) is 10.2 Å². The van der Waals surface area contributed by atoms with E-state index in [2.05, 4.69) is 5.32 Å². The standard InChI is InChI=1S/C23H27FN2O4/c1-4-11-25-22(27)20-14-26(23(28)15-5-7-16(24)8-6-15)13-19(20)18-10-9-17(29-2)12-21(18)30-3/h5-10,12,19-20H,4,11,13-14H2,1-3H3,(H,25,27). The molecule has 1 heterocycles. The molecule has 1 saturated heterocycles. The maximum atomic E-state index is 13.2. The Hall–Kier alpha value is -3.09. The molecule has 1 N–H and O–H groups in total. The number of nitrogens with zero attached hydrogens (tertiary/aromatic N) is 1. The highest BCUT2D eigenvalue weighted by atomic mass is 19.1. The third-order valence-electron chi connectivity index (χ3n) is 5.42. The van der Waals surface area contributed by atoms with Crippen molar-refractivity contribution in [2.45, 2.75) is 19.3 Å². The van der Waals surface area contributed by atoms with E-state index in [1.165, 1.54) is 24.3 Å². The number of methoxy groups -OCH3 is 2. The van der Waals surface area contributed by atoms with E-state index in [1.807, 2.05) is 19.1 Å². The first-order valence-electron chi connectivity index (χ1n) is 10.0. The summed E-state index contributed by atoms with van der Waals surface area (Å²) in [6.07, 6.45) is 0.827. The Morgan fingerprint density at radius 2 is 1.83 bits per heavy atom. The molecule has 2 aromatic rings. The molecule has 30 heavy (non-hydrogen) atoms. The first-order chi connectivity index (χ1) is 14.5. The molecule has 2 aromatic carbocycles. The molecule has 0 radical (unpaired) electrons. The van der Waals surface area contributed by atoms with Crippen molar-refractivity contribution >= 4 is 11.8 Å². The molecule has 7 heteroatoms. The Balaban J connectivity index is 1.91. The SMILES string of the molecule is CCCNC(=O)C1CN(C(=O)c2ccc(F)cc2)CC1c1ccc(OC)cc1OC. The van der Waals surface area contributed by atoms with Crippen LogP contribution in [-0.2, 0) is 4.79 Å². The lowest BCUT2D eigenvalue weighted by atomic mass is 9.87. The predicted octanol–water partition coefficient (Wildman–Crippen LogP) is 3.22. The van der Waals surface area contributed by atoms with Gasteiger partial charge >= 0.3 is 0 Å². The summed E-state index contributed by atoms with van der Waals surface area (Å²) >= 11 is 0. The summed E-state index contributed by atoms with van der Waals surface area (Å²) in [6.45, 7) is 3.21. The summed E-state index contributed by atoms with van der Waals surface area (Å²) in [5.41, 5.74) is 1.25. The molecule has 1 aliphatic rings. The summed E-state index contributed by atoms with van der Waals surface area (Å²) < 4.78 is 24.1. The van der Waals surface area contributed by atoms with E-state index in [9.17, 15) is 14.0 Å². The van der Waals surface area contributed by atoms with Gasteiger partial charge < -0.3 is 19.7 Å². The fourth-order valence-electron chi connectivity index (χ4n) is 3.83. The molecule has 0 aromatic heterocycles. The molecule has 3 rings (SSSR count). The van der Waals surface area contributed by atoms with Crippen molar-refractivity contribution in [1.29, 1.82) is 0 Å². The van der Waals surface area contributed by atoms with E-state index in [0.29, 0.717) is 30.2 Å². The van der Waals surface area contributed by atoms with Crippen LogP contribution in [0.5, 0.6) is 11.5 Å². The second-order valence-electron chi connectivity index (χ2n) is 7.33. The highest BCUT2D eigenvalue weighted by Crippen LogP contribution is 2.39. The summed E-state index contributed by atoms with van der Waals surface area (Å²) in [7, 11) is 3.15. The fourth-order valence-corrected chi connectivity index (χ4v) is 3.83. The van der Waals surface area contributed by atoms with E-state index in [1.54, 1.807) is 25.2 Å². The number of ether oxygens (including phenoxy) is 2. The third kappa shape index (κ3) is 4.56. The number of rotatable bonds is 7. The molecule has 1 fully saturated rings. The fraction of sp³-hybridized carbons (Fsp3) is 0.391. The molecule has 6 nitrogen and oxygen atoms in total. The van der Waals surface area contributed by atoms with Crippen LogP contribution in [0.25, 0.3) is 0 Å². The van der Waals surface area contributed by atoms with Gasteiger partial charge in [0.15, 0.2) is 0 Å². The average molecular weight is 414 g/mol. The number of hydrogen-bond donors (Lipinski definition) is 1. The van der Waals surface area contributed by atoms with Crippen LogP contribution in [0.2, 0.25) is 0 Å². The Kier molecular flexibility index (Phi) is 6.92. The van der Waals surface area contributed by atoms with Crippen LogP contribution < -0.4 is 14.8 Å². The number of hydrogen-bond acceptors (Lipinski definition) is 4. The monoisotopic (exact) mass is 414 g/mol. The molecule has 0 saturated carbocycles. The van der Waals surface area contributed by atoms with Crippen LogP contribution in [0, 0.1) is 11.7 Å². The second kappa shape index (κ2) is 9.61.